The third-order valence-corrected chi connectivity index (χ3v) is 5.11. The van der Waals surface area contributed by atoms with Gasteiger partial charge in [0.1, 0.15) is 17.3 Å². The maximum Gasteiger partial charge on any atom is 0.252 e. The van der Waals surface area contributed by atoms with Crippen LogP contribution in [0.4, 0.5) is 5.82 Å². The number of azo groups is 1. The molecule has 30 heavy (non-hydrogen) atoms. The molecule has 0 bridgehead atoms. The Morgan fingerprint density at radius 2 is 2.10 bits per heavy atom. The van der Waals surface area contributed by atoms with Crippen LogP contribution in [0, 0.1) is 29.1 Å². The first kappa shape index (κ1) is 21.0. The lowest BCUT2D eigenvalue weighted by Gasteiger charge is -2.33. The second-order valence-corrected chi connectivity index (χ2v) is 6.79. The van der Waals surface area contributed by atoms with Crippen molar-refractivity contribution < 1.29 is 4.79 Å². The van der Waals surface area contributed by atoms with Gasteiger partial charge in [0.15, 0.2) is 11.6 Å². The van der Waals surface area contributed by atoms with Gasteiger partial charge in [0.2, 0.25) is 0 Å². The molecular formula is C21H22N8O. The Morgan fingerprint density at radius 3 is 2.70 bits per heavy atom. The molecule has 9 nitrogen and oxygen atoms in total. The quantitative estimate of drug-likeness (QED) is 0.583. The zero-order chi connectivity index (χ0) is 21.7. The Kier molecular flexibility index (Phi) is 6.39. The van der Waals surface area contributed by atoms with Gasteiger partial charge in [0.25, 0.3) is 5.95 Å². The Hall–Kier alpha value is -3.77. The van der Waals surface area contributed by atoms with Gasteiger partial charge in [0.05, 0.1) is 6.20 Å². The minimum Gasteiger partial charge on any atom is -0.330 e. The average Bonchev–Trinajstić information content (AvgIpc) is 3.18. The first-order chi connectivity index (χ1) is 14.6. The van der Waals surface area contributed by atoms with Crippen LogP contribution < -0.4 is 5.73 Å². The Balaban J connectivity index is 2.15. The molecule has 1 aliphatic carbocycles. The maximum absolute atomic E-state index is 13.1. The van der Waals surface area contributed by atoms with E-state index < -0.39 is 5.92 Å². The van der Waals surface area contributed by atoms with E-state index in [9.17, 15) is 10.1 Å². The van der Waals surface area contributed by atoms with E-state index in [0.29, 0.717) is 0 Å². The van der Waals surface area contributed by atoms with Crippen LogP contribution in [0.25, 0.3) is 5.95 Å². The van der Waals surface area contributed by atoms with Gasteiger partial charge in [-0.05, 0) is 24.5 Å². The summed E-state index contributed by atoms with van der Waals surface area (Å²) in [6.07, 6.45) is 9.93. The zero-order valence-corrected chi connectivity index (χ0v) is 16.8. The number of hydrogen-bond donors (Lipinski definition) is 1. The minimum atomic E-state index is -0.395. The fraction of sp³-hybridized carbons (Fsp3) is 0.286. The summed E-state index contributed by atoms with van der Waals surface area (Å²) in [6.45, 7) is 7.96. The van der Waals surface area contributed by atoms with Gasteiger partial charge >= 0.3 is 0 Å². The third-order valence-electron chi connectivity index (χ3n) is 5.11. The number of Topliss-reactive ketones (excluding diaryl/α,β-unsaturated/α-hetero) is 1. The second-order valence-electron chi connectivity index (χ2n) is 6.79. The van der Waals surface area contributed by atoms with Crippen LogP contribution in [0.15, 0.2) is 71.0 Å². The molecule has 3 unspecified atom stereocenters. The van der Waals surface area contributed by atoms with E-state index in [2.05, 4.69) is 31.9 Å². The molecule has 0 amide bonds. The molecule has 0 saturated heterocycles. The molecule has 1 aliphatic rings. The number of nitriles is 1. The molecule has 9 heteroatoms. The molecular weight excluding hydrogens is 380 g/mol. The Labute approximate surface area is 174 Å². The summed E-state index contributed by atoms with van der Waals surface area (Å²) < 4.78 is 1.30. The fourth-order valence-corrected chi connectivity index (χ4v) is 3.55. The summed E-state index contributed by atoms with van der Waals surface area (Å²) in [4.78, 5) is 21.4. The minimum absolute atomic E-state index is 0.0110. The molecule has 3 atom stereocenters. The van der Waals surface area contributed by atoms with E-state index in [-0.39, 0.29) is 47.2 Å². The number of allylic oxidation sites excluding steroid dienone is 5. The van der Waals surface area contributed by atoms with E-state index >= 15 is 0 Å². The molecule has 0 radical (unpaired) electrons. The first-order valence-electron chi connectivity index (χ1n) is 9.48. The number of rotatable bonds is 6. The number of ketones is 1. The zero-order valence-electron chi connectivity index (χ0n) is 16.8. The van der Waals surface area contributed by atoms with Crippen molar-refractivity contribution >= 4 is 11.6 Å². The number of carbonyl (C=O) groups is 1. The van der Waals surface area contributed by atoms with Crippen LogP contribution in [0.2, 0.25) is 0 Å². The fourth-order valence-electron chi connectivity index (χ4n) is 3.55. The van der Waals surface area contributed by atoms with Crippen LogP contribution in [-0.4, -0.2) is 32.1 Å². The van der Waals surface area contributed by atoms with Crippen molar-refractivity contribution in [1.29, 1.82) is 5.26 Å². The lowest BCUT2D eigenvalue weighted by molar-refractivity contribution is -0.121. The lowest BCUT2D eigenvalue weighted by Crippen LogP contribution is -2.38. The van der Waals surface area contributed by atoms with Crippen molar-refractivity contribution in [3.05, 3.63) is 66.3 Å². The van der Waals surface area contributed by atoms with Crippen molar-refractivity contribution in [3.8, 4) is 12.0 Å². The summed E-state index contributed by atoms with van der Waals surface area (Å²) in [5.41, 5.74) is 6.99. The van der Waals surface area contributed by atoms with E-state index in [0.717, 1.165) is 5.57 Å². The number of nitrogens with zero attached hydrogens (tertiary/aromatic N) is 7. The summed E-state index contributed by atoms with van der Waals surface area (Å²) >= 11 is 0. The van der Waals surface area contributed by atoms with Crippen LogP contribution in [-0.2, 0) is 4.79 Å². The standard InChI is InChI=1S/C21H22N8O/c1-4-7-16-15(5-2)13(3)17(11-23)19(30)18(16)27-28-20-14(10-22)12-26-29(20)21-24-8-6-9-25-21/h4-9,12-13,15,17H,2,11,23H2,1,3H3. The molecule has 0 spiro atoms. The second kappa shape index (κ2) is 9.15. The molecule has 0 aliphatic heterocycles. The predicted octanol–water partition coefficient (Wildman–Crippen LogP) is 3.04. The average molecular weight is 402 g/mol. The summed E-state index contributed by atoms with van der Waals surface area (Å²) in [6, 6.07) is 3.69. The normalized spacial score (nSPS) is 22.1. The SMILES string of the molecule is C=CC1C(C=CC)=C(N=Nc2c(C#N)cnn2-c2ncccn2)C(=O)C(CN)C1C. The lowest BCUT2D eigenvalue weighted by atomic mass is 9.70. The van der Waals surface area contributed by atoms with Gasteiger partial charge < -0.3 is 5.73 Å². The van der Waals surface area contributed by atoms with Gasteiger partial charge in [0, 0.05) is 30.8 Å². The number of aromatic nitrogens is 4. The molecule has 0 saturated carbocycles. The maximum atomic E-state index is 13.1. The number of nitrogens with two attached hydrogens (primary N) is 1. The van der Waals surface area contributed by atoms with Gasteiger partial charge in [-0.2, -0.15) is 15.0 Å². The third kappa shape index (κ3) is 3.73. The molecule has 2 aromatic heterocycles. The van der Waals surface area contributed by atoms with Gasteiger partial charge in [-0.1, -0.05) is 25.2 Å². The highest BCUT2D eigenvalue weighted by molar-refractivity contribution is 5.99. The van der Waals surface area contributed by atoms with Crippen molar-refractivity contribution in [2.45, 2.75) is 13.8 Å². The first-order valence-corrected chi connectivity index (χ1v) is 9.48. The summed E-state index contributed by atoms with van der Waals surface area (Å²) in [5, 5.41) is 22.1. The molecule has 2 aromatic rings. The van der Waals surface area contributed by atoms with Crippen LogP contribution >= 0.6 is 0 Å². The van der Waals surface area contributed by atoms with E-state index in [1.807, 2.05) is 32.1 Å². The monoisotopic (exact) mass is 402 g/mol. The highest BCUT2D eigenvalue weighted by Crippen LogP contribution is 2.39. The number of carbonyl (C=O) groups excluding carboxylic acids is 1. The van der Waals surface area contributed by atoms with Crippen LogP contribution in [0.1, 0.15) is 19.4 Å². The van der Waals surface area contributed by atoms with E-state index in [1.54, 1.807) is 24.5 Å². The molecule has 3 rings (SSSR count). The Morgan fingerprint density at radius 1 is 1.37 bits per heavy atom. The van der Waals surface area contributed by atoms with Crippen molar-refractivity contribution in [2.75, 3.05) is 6.54 Å². The molecule has 0 fully saturated rings. The summed E-state index contributed by atoms with van der Waals surface area (Å²) in [7, 11) is 0. The largest absolute Gasteiger partial charge is 0.330 e. The van der Waals surface area contributed by atoms with Crippen LogP contribution in [0.3, 0.4) is 0 Å². The smallest absolute Gasteiger partial charge is 0.252 e. The highest BCUT2D eigenvalue weighted by Gasteiger charge is 2.39. The van der Waals surface area contributed by atoms with E-state index in [4.69, 9.17) is 5.73 Å². The topological polar surface area (TPSA) is 135 Å². The predicted molar refractivity (Wildman–Crippen MR) is 111 cm³/mol. The summed E-state index contributed by atoms with van der Waals surface area (Å²) in [5.74, 6) is -0.304. The molecule has 2 heterocycles. The van der Waals surface area contributed by atoms with Crippen molar-refractivity contribution in [2.24, 2.45) is 33.7 Å². The van der Waals surface area contributed by atoms with Crippen molar-refractivity contribution in [1.82, 2.24) is 19.7 Å². The van der Waals surface area contributed by atoms with Gasteiger partial charge in [-0.15, -0.1) is 16.8 Å². The number of hydrogen-bond acceptors (Lipinski definition) is 8. The molecule has 152 valence electrons. The Bertz CT molecular complexity index is 1070. The highest BCUT2D eigenvalue weighted by atomic mass is 16.1. The van der Waals surface area contributed by atoms with Gasteiger partial charge in [-0.3, -0.25) is 4.79 Å². The van der Waals surface area contributed by atoms with Crippen LogP contribution in [0.5, 0.6) is 0 Å². The molecule has 2 N–H and O–H groups in total. The van der Waals surface area contributed by atoms with E-state index in [1.165, 1.54) is 10.9 Å². The molecule has 0 aromatic carbocycles. The van der Waals surface area contributed by atoms with Gasteiger partial charge in [-0.25, -0.2) is 9.97 Å². The van der Waals surface area contributed by atoms with Crippen molar-refractivity contribution in [3.63, 3.8) is 0 Å².